The van der Waals surface area contributed by atoms with E-state index in [-0.39, 0.29) is 17.9 Å². The van der Waals surface area contributed by atoms with Crippen LogP contribution in [0.25, 0.3) is 21.8 Å². The number of rotatable bonds is 3. The van der Waals surface area contributed by atoms with Crippen LogP contribution in [0.4, 0.5) is 5.69 Å². The number of benzene rings is 2. The Hall–Kier alpha value is -3.47. The molecule has 1 amide bonds. The molecule has 4 aromatic rings. The Bertz CT molecular complexity index is 1140. The average Bonchev–Trinajstić information content (AvgIpc) is 2.63. The first kappa shape index (κ1) is 15.1. The van der Waals surface area contributed by atoms with Crippen molar-refractivity contribution in [2.24, 2.45) is 0 Å². The van der Waals surface area contributed by atoms with Crippen LogP contribution < -0.4 is 10.9 Å². The van der Waals surface area contributed by atoms with E-state index in [1.54, 1.807) is 12.3 Å². The van der Waals surface area contributed by atoms with Gasteiger partial charge in [-0.05, 0) is 41.8 Å². The Kier molecular flexibility index (Phi) is 3.74. The molecule has 0 radical (unpaired) electrons. The second-order valence-corrected chi connectivity index (χ2v) is 5.81. The summed E-state index contributed by atoms with van der Waals surface area (Å²) in [6.45, 7) is 0. The van der Waals surface area contributed by atoms with Crippen LogP contribution in [0, 0.1) is 0 Å². The maximum atomic E-state index is 12.4. The van der Waals surface area contributed by atoms with E-state index < -0.39 is 0 Å². The number of amides is 1. The molecule has 0 fully saturated rings. The summed E-state index contributed by atoms with van der Waals surface area (Å²) < 4.78 is 0. The maximum Gasteiger partial charge on any atom is 0.252 e. The van der Waals surface area contributed by atoms with Crippen molar-refractivity contribution in [3.05, 3.63) is 82.8 Å². The second kappa shape index (κ2) is 6.20. The van der Waals surface area contributed by atoms with E-state index in [2.05, 4.69) is 15.3 Å². The Balaban J connectivity index is 1.62. The normalized spacial score (nSPS) is 10.9. The van der Waals surface area contributed by atoms with Gasteiger partial charge in [0.1, 0.15) is 0 Å². The topological polar surface area (TPSA) is 74.8 Å². The molecular weight excluding hydrogens is 314 g/mol. The van der Waals surface area contributed by atoms with Crippen LogP contribution in [0.2, 0.25) is 0 Å². The zero-order chi connectivity index (χ0) is 17.2. The van der Waals surface area contributed by atoms with Crippen molar-refractivity contribution in [1.82, 2.24) is 9.97 Å². The predicted octanol–water partition coefficient (Wildman–Crippen LogP) is 3.26. The highest BCUT2D eigenvalue weighted by atomic mass is 16.2. The van der Waals surface area contributed by atoms with Crippen molar-refractivity contribution >= 4 is 33.4 Å². The second-order valence-electron chi connectivity index (χ2n) is 5.81. The number of carbonyl (C=O) groups excluding carboxylic acids is 1. The van der Waals surface area contributed by atoms with Crippen LogP contribution in [0.5, 0.6) is 0 Å². The molecule has 4 rings (SSSR count). The summed E-state index contributed by atoms with van der Waals surface area (Å²) in [6, 6.07) is 18.5. The molecule has 122 valence electrons. The van der Waals surface area contributed by atoms with Crippen molar-refractivity contribution in [2.75, 3.05) is 5.32 Å². The van der Waals surface area contributed by atoms with Crippen LogP contribution >= 0.6 is 0 Å². The molecular formula is C20H15N3O2. The summed E-state index contributed by atoms with van der Waals surface area (Å²) in [6.07, 6.45) is 1.72. The Morgan fingerprint density at radius 3 is 2.84 bits per heavy atom. The minimum atomic E-state index is -0.242. The zero-order valence-corrected chi connectivity index (χ0v) is 13.3. The third-order valence-electron chi connectivity index (χ3n) is 4.10. The van der Waals surface area contributed by atoms with E-state index in [0.717, 1.165) is 21.8 Å². The van der Waals surface area contributed by atoms with E-state index in [9.17, 15) is 9.59 Å². The molecule has 0 aliphatic rings. The number of hydrogen-bond donors (Lipinski definition) is 2. The standard InChI is InChI=1S/C20H15N3O2/c24-19(22-18-9-3-8-17-15(18)6-4-10-21-17)12-14-11-13-5-1-2-7-16(13)23-20(14)25/h1-11H,12H2,(H,22,24)(H,23,25). The summed E-state index contributed by atoms with van der Waals surface area (Å²) in [7, 11) is 0. The summed E-state index contributed by atoms with van der Waals surface area (Å²) >= 11 is 0. The van der Waals surface area contributed by atoms with Gasteiger partial charge in [-0.3, -0.25) is 14.6 Å². The quantitative estimate of drug-likeness (QED) is 0.606. The highest BCUT2D eigenvalue weighted by Gasteiger charge is 2.10. The number of para-hydroxylation sites is 1. The molecule has 25 heavy (non-hydrogen) atoms. The predicted molar refractivity (Wildman–Crippen MR) is 98.6 cm³/mol. The van der Waals surface area contributed by atoms with E-state index >= 15 is 0 Å². The van der Waals surface area contributed by atoms with Gasteiger partial charge in [0.2, 0.25) is 5.91 Å². The van der Waals surface area contributed by atoms with Crippen molar-refractivity contribution < 1.29 is 4.79 Å². The lowest BCUT2D eigenvalue weighted by Gasteiger charge is -2.08. The SMILES string of the molecule is O=C(Cc1cc2ccccc2[nH]c1=O)Nc1cccc2ncccc12. The van der Waals surface area contributed by atoms with E-state index in [1.165, 1.54) is 0 Å². The summed E-state index contributed by atoms with van der Waals surface area (Å²) in [5.41, 5.74) is 2.46. The highest BCUT2D eigenvalue weighted by Crippen LogP contribution is 2.21. The van der Waals surface area contributed by atoms with Gasteiger partial charge in [-0.15, -0.1) is 0 Å². The number of nitrogens with zero attached hydrogens (tertiary/aromatic N) is 1. The zero-order valence-electron chi connectivity index (χ0n) is 13.3. The molecule has 0 saturated heterocycles. The van der Waals surface area contributed by atoms with E-state index in [0.29, 0.717) is 11.3 Å². The van der Waals surface area contributed by atoms with Crippen LogP contribution in [0.15, 0.2) is 71.7 Å². The minimum Gasteiger partial charge on any atom is -0.325 e. The lowest BCUT2D eigenvalue weighted by Crippen LogP contribution is -2.21. The molecule has 2 aromatic heterocycles. The molecule has 0 aliphatic heterocycles. The summed E-state index contributed by atoms with van der Waals surface area (Å²) in [5.74, 6) is -0.239. The monoisotopic (exact) mass is 329 g/mol. The van der Waals surface area contributed by atoms with Gasteiger partial charge >= 0.3 is 0 Å². The molecule has 0 saturated carbocycles. The Morgan fingerprint density at radius 2 is 1.92 bits per heavy atom. The van der Waals surface area contributed by atoms with Gasteiger partial charge in [0.15, 0.2) is 0 Å². The van der Waals surface area contributed by atoms with E-state index in [4.69, 9.17) is 0 Å². The summed E-state index contributed by atoms with van der Waals surface area (Å²) in [5, 5.41) is 4.65. The van der Waals surface area contributed by atoms with Crippen LogP contribution in [-0.4, -0.2) is 15.9 Å². The number of pyridine rings is 2. The fourth-order valence-electron chi connectivity index (χ4n) is 2.90. The Morgan fingerprint density at radius 1 is 1.04 bits per heavy atom. The van der Waals surface area contributed by atoms with Gasteiger partial charge in [0, 0.05) is 22.7 Å². The highest BCUT2D eigenvalue weighted by molar-refractivity contribution is 6.01. The molecule has 2 heterocycles. The number of fused-ring (bicyclic) bond motifs is 2. The first-order valence-electron chi connectivity index (χ1n) is 7.95. The van der Waals surface area contributed by atoms with Crippen LogP contribution in [0.1, 0.15) is 5.56 Å². The number of aromatic nitrogens is 2. The van der Waals surface area contributed by atoms with Gasteiger partial charge in [0.05, 0.1) is 17.6 Å². The van der Waals surface area contributed by atoms with Crippen molar-refractivity contribution in [1.29, 1.82) is 0 Å². The minimum absolute atomic E-state index is 0.0107. The first-order chi connectivity index (χ1) is 12.2. The molecule has 5 nitrogen and oxygen atoms in total. The molecule has 2 aromatic carbocycles. The molecule has 0 spiro atoms. The Labute approximate surface area is 143 Å². The molecule has 0 unspecified atom stereocenters. The van der Waals surface area contributed by atoms with Crippen molar-refractivity contribution in [2.45, 2.75) is 6.42 Å². The molecule has 0 atom stereocenters. The molecule has 0 bridgehead atoms. The van der Waals surface area contributed by atoms with Crippen LogP contribution in [-0.2, 0) is 11.2 Å². The maximum absolute atomic E-state index is 12.4. The largest absolute Gasteiger partial charge is 0.325 e. The number of aromatic amines is 1. The molecule has 5 heteroatoms. The van der Waals surface area contributed by atoms with Crippen molar-refractivity contribution in [3.63, 3.8) is 0 Å². The smallest absolute Gasteiger partial charge is 0.252 e. The number of anilines is 1. The number of carbonyl (C=O) groups is 1. The van der Waals surface area contributed by atoms with Gasteiger partial charge in [0.25, 0.3) is 5.56 Å². The van der Waals surface area contributed by atoms with E-state index in [1.807, 2.05) is 54.6 Å². The van der Waals surface area contributed by atoms with Gasteiger partial charge in [-0.2, -0.15) is 0 Å². The van der Waals surface area contributed by atoms with Gasteiger partial charge in [-0.1, -0.05) is 24.3 Å². The van der Waals surface area contributed by atoms with Crippen LogP contribution in [0.3, 0.4) is 0 Å². The molecule has 2 N–H and O–H groups in total. The van der Waals surface area contributed by atoms with Gasteiger partial charge < -0.3 is 10.3 Å². The fourth-order valence-corrected chi connectivity index (χ4v) is 2.90. The lowest BCUT2D eigenvalue weighted by molar-refractivity contribution is -0.115. The first-order valence-corrected chi connectivity index (χ1v) is 7.95. The number of H-pyrrole nitrogens is 1. The lowest BCUT2D eigenvalue weighted by atomic mass is 10.1. The van der Waals surface area contributed by atoms with Crippen molar-refractivity contribution in [3.8, 4) is 0 Å². The number of nitrogens with one attached hydrogen (secondary N) is 2. The average molecular weight is 329 g/mol. The van der Waals surface area contributed by atoms with Gasteiger partial charge in [-0.25, -0.2) is 0 Å². The third-order valence-corrected chi connectivity index (χ3v) is 4.10. The number of hydrogen-bond acceptors (Lipinski definition) is 3. The molecule has 0 aliphatic carbocycles. The fraction of sp³-hybridized carbons (Fsp3) is 0.0500. The summed E-state index contributed by atoms with van der Waals surface area (Å²) in [4.78, 5) is 31.7. The third kappa shape index (κ3) is 2.99.